The van der Waals surface area contributed by atoms with Gasteiger partial charge in [-0.05, 0) is 31.2 Å². The second-order valence-corrected chi connectivity index (χ2v) is 11.3. The monoisotopic (exact) mass is 585 g/mol. The number of aliphatic hydroxyl groups excluding tert-OH is 1. The average Bonchev–Trinajstić information content (AvgIpc) is 2.97. The summed E-state index contributed by atoms with van der Waals surface area (Å²) in [7, 11) is -4.41. The van der Waals surface area contributed by atoms with Crippen LogP contribution in [0.15, 0.2) is 46.1 Å². The highest BCUT2D eigenvalue weighted by Gasteiger charge is 2.55. The summed E-state index contributed by atoms with van der Waals surface area (Å²) < 4.78 is 41.8. The summed E-state index contributed by atoms with van der Waals surface area (Å²) >= 11 is 9.45. The molecular formula is C18H19BrClFN3O9P. The summed E-state index contributed by atoms with van der Waals surface area (Å²) in [6.07, 6.45) is -3.04. The van der Waals surface area contributed by atoms with E-state index in [4.69, 9.17) is 30.5 Å². The molecule has 16 heteroatoms. The molecule has 186 valence electrons. The highest BCUT2D eigenvalue weighted by Crippen LogP contribution is 2.50. The van der Waals surface area contributed by atoms with E-state index in [2.05, 4.69) is 21.0 Å². The molecule has 0 amide bonds. The molecule has 12 nitrogen and oxygen atoms in total. The van der Waals surface area contributed by atoms with Gasteiger partial charge in [-0.1, -0.05) is 27.5 Å². The van der Waals surface area contributed by atoms with E-state index in [1.165, 1.54) is 6.92 Å². The number of carboxylic acid groups (broad SMARTS) is 1. The van der Waals surface area contributed by atoms with E-state index < -0.39 is 65.7 Å². The van der Waals surface area contributed by atoms with Crippen LogP contribution in [0.4, 0.5) is 4.39 Å². The normalized spacial score (nSPS) is 27.1. The summed E-state index contributed by atoms with van der Waals surface area (Å²) in [6, 6.07) is 4.03. The number of hydrogen-bond acceptors (Lipinski definition) is 8. The van der Waals surface area contributed by atoms with Crippen LogP contribution in [0.25, 0.3) is 0 Å². The van der Waals surface area contributed by atoms with E-state index >= 15 is 0 Å². The molecule has 1 aromatic carbocycles. The lowest BCUT2D eigenvalue weighted by Crippen LogP contribution is -2.41. The first-order chi connectivity index (χ1) is 15.8. The lowest BCUT2D eigenvalue weighted by molar-refractivity contribution is -0.138. The topological polar surface area (TPSA) is 169 Å². The van der Waals surface area contributed by atoms with Crippen LogP contribution in [0.2, 0.25) is 0 Å². The van der Waals surface area contributed by atoms with Crippen LogP contribution in [0.1, 0.15) is 13.2 Å². The third-order valence-electron chi connectivity index (χ3n) is 4.65. The number of nitrogens with one attached hydrogen (secondary N) is 2. The summed E-state index contributed by atoms with van der Waals surface area (Å²) in [5.41, 5.74) is -1.52. The summed E-state index contributed by atoms with van der Waals surface area (Å²) in [4.78, 5) is 36.7. The Balaban J connectivity index is 1.81. The smallest absolute Gasteiger partial charge is 0.459 e. The SMILES string of the molecule is C[C@H](NP(=O)(OC[C@H]1O[C@@H](n2ccc(=O)[nH]c2=O)[C@](Cl)(Br)[C@@H]1O)Oc1ccc(F)cc1)C(=O)O. The van der Waals surface area contributed by atoms with Crippen molar-refractivity contribution in [2.45, 2.75) is 35.2 Å². The molecule has 4 N–H and O–H groups in total. The molecule has 0 spiro atoms. The van der Waals surface area contributed by atoms with Crippen LogP contribution in [0.3, 0.4) is 0 Å². The molecule has 0 radical (unpaired) electrons. The molecule has 34 heavy (non-hydrogen) atoms. The third kappa shape index (κ3) is 5.95. The lowest BCUT2D eigenvalue weighted by atomic mass is 10.2. The maximum absolute atomic E-state index is 13.3. The second kappa shape index (κ2) is 10.3. The van der Waals surface area contributed by atoms with E-state index in [-0.39, 0.29) is 5.75 Å². The van der Waals surface area contributed by atoms with Gasteiger partial charge in [-0.15, -0.1) is 0 Å². The zero-order valence-electron chi connectivity index (χ0n) is 17.3. The van der Waals surface area contributed by atoms with Crippen molar-refractivity contribution in [3.05, 3.63) is 63.2 Å². The number of rotatable bonds is 9. The van der Waals surface area contributed by atoms with Gasteiger partial charge < -0.3 is 19.5 Å². The van der Waals surface area contributed by atoms with Gasteiger partial charge in [0, 0.05) is 12.3 Å². The number of alkyl halides is 2. The Morgan fingerprint density at radius 1 is 1.41 bits per heavy atom. The number of aromatic nitrogens is 2. The Morgan fingerprint density at radius 2 is 2.06 bits per heavy atom. The number of aromatic amines is 1. The number of H-pyrrole nitrogens is 1. The van der Waals surface area contributed by atoms with Crippen molar-refractivity contribution in [1.29, 1.82) is 0 Å². The van der Waals surface area contributed by atoms with Crippen LogP contribution in [0, 0.1) is 5.82 Å². The fourth-order valence-electron chi connectivity index (χ4n) is 2.91. The molecule has 2 heterocycles. The summed E-state index contributed by atoms with van der Waals surface area (Å²) in [5, 5.41) is 22.0. The number of carbonyl (C=O) groups is 1. The zero-order valence-corrected chi connectivity index (χ0v) is 20.5. The van der Waals surface area contributed by atoms with Crippen molar-refractivity contribution in [2.75, 3.05) is 6.61 Å². The first-order valence-electron chi connectivity index (χ1n) is 9.55. The lowest BCUT2D eigenvalue weighted by Gasteiger charge is -2.25. The third-order valence-corrected chi connectivity index (χ3v) is 7.57. The van der Waals surface area contributed by atoms with Gasteiger partial charge in [0.15, 0.2) is 10.0 Å². The standard InChI is InChI=1S/C18H19BrClFN3O9P/c1-9(15(27)28)23-34(30,33-11-4-2-10(21)3-5-11)31-8-12-14(26)18(19,20)16(32-12)24-7-6-13(25)22-17(24)29/h2-7,9,12,14,16,26H,8H2,1H3,(H,23,30)(H,27,28)(H,22,25,29)/t9-,12+,14+,16+,18-,34?/m0/s1. The minimum Gasteiger partial charge on any atom is -0.480 e. The first kappa shape index (κ1) is 26.5. The highest BCUT2D eigenvalue weighted by molar-refractivity contribution is 9.10. The predicted octanol–water partition coefficient (Wildman–Crippen LogP) is 1.53. The van der Waals surface area contributed by atoms with Crippen LogP contribution in [-0.2, 0) is 18.6 Å². The van der Waals surface area contributed by atoms with Gasteiger partial charge in [0.1, 0.15) is 29.8 Å². The van der Waals surface area contributed by atoms with Gasteiger partial charge in [0.2, 0.25) is 0 Å². The minimum absolute atomic E-state index is 0.0902. The molecule has 1 unspecified atom stereocenters. The van der Waals surface area contributed by atoms with E-state index in [0.717, 1.165) is 41.1 Å². The number of aliphatic hydroxyl groups is 1. The van der Waals surface area contributed by atoms with Crippen molar-refractivity contribution in [1.82, 2.24) is 14.6 Å². The van der Waals surface area contributed by atoms with Gasteiger partial charge in [-0.3, -0.25) is 23.7 Å². The van der Waals surface area contributed by atoms with Crippen LogP contribution >= 0.6 is 35.3 Å². The Kier molecular flexibility index (Phi) is 8.03. The van der Waals surface area contributed by atoms with Crippen LogP contribution in [-0.4, -0.2) is 54.4 Å². The fourth-order valence-corrected chi connectivity index (χ4v) is 5.33. The molecular weight excluding hydrogens is 568 g/mol. The Bertz CT molecular complexity index is 1210. The second-order valence-electron chi connectivity index (χ2n) is 7.19. The fraction of sp³-hybridized carbons (Fsp3) is 0.389. The number of benzene rings is 1. The number of aliphatic carboxylic acids is 1. The molecule has 2 aromatic rings. The molecule has 1 saturated heterocycles. The van der Waals surface area contributed by atoms with Crippen molar-refractivity contribution in [2.24, 2.45) is 0 Å². The van der Waals surface area contributed by atoms with Gasteiger partial charge in [-0.2, -0.15) is 5.09 Å². The Hall–Kier alpha value is -2.06. The average molecular weight is 587 g/mol. The molecule has 1 aromatic heterocycles. The molecule has 3 rings (SSSR count). The quantitative estimate of drug-likeness (QED) is 0.250. The molecule has 0 aliphatic carbocycles. The Morgan fingerprint density at radius 3 is 2.65 bits per heavy atom. The van der Waals surface area contributed by atoms with Crippen molar-refractivity contribution < 1.29 is 37.7 Å². The van der Waals surface area contributed by atoms with Gasteiger partial charge in [-0.25, -0.2) is 13.8 Å². The summed E-state index contributed by atoms with van der Waals surface area (Å²) in [6.45, 7) is 0.557. The molecule has 1 aliphatic rings. The molecule has 0 saturated carbocycles. The van der Waals surface area contributed by atoms with Crippen LogP contribution in [0.5, 0.6) is 5.75 Å². The number of halogens is 3. The number of hydrogen-bond donors (Lipinski definition) is 4. The van der Waals surface area contributed by atoms with Gasteiger partial charge in [0.25, 0.3) is 5.56 Å². The zero-order chi connectivity index (χ0) is 25.3. The largest absolute Gasteiger partial charge is 0.480 e. The van der Waals surface area contributed by atoms with Gasteiger partial charge >= 0.3 is 19.4 Å². The van der Waals surface area contributed by atoms with E-state index in [1.54, 1.807) is 0 Å². The highest BCUT2D eigenvalue weighted by atomic mass is 79.9. The summed E-state index contributed by atoms with van der Waals surface area (Å²) in [5.74, 6) is -2.04. The van der Waals surface area contributed by atoms with Crippen molar-refractivity contribution >= 4 is 41.2 Å². The number of ether oxygens (including phenoxy) is 1. The minimum atomic E-state index is -4.41. The van der Waals surface area contributed by atoms with E-state index in [0.29, 0.717) is 0 Å². The maximum atomic E-state index is 13.3. The Labute approximate surface area is 204 Å². The van der Waals surface area contributed by atoms with E-state index in [1.807, 2.05) is 4.98 Å². The van der Waals surface area contributed by atoms with Crippen molar-refractivity contribution in [3.63, 3.8) is 0 Å². The maximum Gasteiger partial charge on any atom is 0.459 e. The molecule has 0 bridgehead atoms. The van der Waals surface area contributed by atoms with Crippen LogP contribution < -0.4 is 20.9 Å². The van der Waals surface area contributed by atoms with E-state index in [9.17, 15) is 28.4 Å². The van der Waals surface area contributed by atoms with Crippen molar-refractivity contribution in [3.8, 4) is 5.75 Å². The first-order valence-corrected chi connectivity index (χ1v) is 12.3. The molecule has 1 fully saturated rings. The van der Waals surface area contributed by atoms with Gasteiger partial charge in [0.05, 0.1) is 6.61 Å². The predicted molar refractivity (Wildman–Crippen MR) is 120 cm³/mol. The molecule has 1 aliphatic heterocycles. The number of carboxylic acids is 1. The number of nitrogens with zero attached hydrogens (tertiary/aromatic N) is 1. The molecule has 6 atom stereocenters.